The van der Waals surface area contributed by atoms with Crippen LogP contribution >= 0.6 is 15.9 Å². The third-order valence-corrected chi connectivity index (χ3v) is 7.23. The molecule has 32 heavy (non-hydrogen) atoms. The monoisotopic (exact) mass is 520 g/mol. The van der Waals surface area contributed by atoms with Gasteiger partial charge in [0.1, 0.15) is 17.0 Å². The quantitative estimate of drug-likeness (QED) is 0.505. The van der Waals surface area contributed by atoms with Crippen molar-refractivity contribution in [1.29, 1.82) is 0 Å². The van der Waals surface area contributed by atoms with Gasteiger partial charge in [0.05, 0.1) is 21.9 Å². The number of rotatable bonds is 6. The molecular weight excluding hydrogens is 496 g/mol. The molecule has 2 aromatic heterocycles. The number of fused-ring (bicyclic) bond motifs is 1. The fourth-order valence-electron chi connectivity index (χ4n) is 3.59. The molecule has 0 radical (unpaired) electrons. The van der Waals surface area contributed by atoms with Gasteiger partial charge in [0.2, 0.25) is 16.0 Å². The maximum Gasteiger partial charge on any atom is 0.232 e. The fraction of sp³-hybridized carbons (Fsp3) is 0.400. The molecule has 1 aromatic carbocycles. The highest BCUT2D eigenvalue weighted by Gasteiger charge is 2.22. The van der Waals surface area contributed by atoms with Crippen LogP contribution in [0.1, 0.15) is 12.8 Å². The molecule has 10 nitrogen and oxygen atoms in total. The third-order valence-electron chi connectivity index (χ3n) is 5.48. The Hall–Kier alpha value is -2.57. The Morgan fingerprint density at radius 3 is 2.59 bits per heavy atom. The average molecular weight is 521 g/mol. The van der Waals surface area contributed by atoms with Gasteiger partial charge >= 0.3 is 0 Å². The van der Waals surface area contributed by atoms with E-state index in [1.807, 2.05) is 0 Å². The summed E-state index contributed by atoms with van der Waals surface area (Å²) < 4.78 is 26.5. The van der Waals surface area contributed by atoms with Crippen LogP contribution in [0, 0.1) is 0 Å². The minimum atomic E-state index is -3.54. The number of anilines is 4. The number of halogens is 1. The second-order valence-corrected chi connectivity index (χ2v) is 10.7. The van der Waals surface area contributed by atoms with E-state index in [0.29, 0.717) is 44.7 Å². The van der Waals surface area contributed by atoms with Crippen molar-refractivity contribution < 1.29 is 8.42 Å². The third kappa shape index (κ3) is 4.92. The van der Waals surface area contributed by atoms with Gasteiger partial charge in [-0.25, -0.2) is 13.4 Å². The summed E-state index contributed by atoms with van der Waals surface area (Å²) >= 11 is 3.49. The highest BCUT2D eigenvalue weighted by atomic mass is 79.9. The summed E-state index contributed by atoms with van der Waals surface area (Å²) in [5, 5.41) is 6.66. The molecule has 1 fully saturated rings. The molecule has 4 rings (SSSR count). The van der Waals surface area contributed by atoms with Gasteiger partial charge < -0.3 is 15.5 Å². The van der Waals surface area contributed by atoms with E-state index in [-0.39, 0.29) is 0 Å². The van der Waals surface area contributed by atoms with Gasteiger partial charge in [-0.1, -0.05) is 0 Å². The molecule has 0 bridgehead atoms. The van der Waals surface area contributed by atoms with Gasteiger partial charge in [0.15, 0.2) is 0 Å². The lowest BCUT2D eigenvalue weighted by Gasteiger charge is -2.29. The summed E-state index contributed by atoms with van der Waals surface area (Å²) in [6, 6.07) is 3.87. The highest BCUT2D eigenvalue weighted by Crippen LogP contribution is 2.36. The van der Waals surface area contributed by atoms with E-state index in [1.54, 1.807) is 24.5 Å². The molecule has 3 heterocycles. The van der Waals surface area contributed by atoms with Crippen LogP contribution in [-0.2, 0) is 10.0 Å². The highest BCUT2D eigenvalue weighted by molar-refractivity contribution is 9.10. The predicted octanol–water partition coefficient (Wildman–Crippen LogP) is 2.83. The Morgan fingerprint density at radius 2 is 1.88 bits per heavy atom. The molecule has 0 spiro atoms. The minimum absolute atomic E-state index is 0.308. The SMILES string of the molecule is CN1CCC(Nc2ncc(Br)c(Nc3ccc4nccnc4c3N(C)S(C)(=O)=O)n2)CC1. The number of benzene rings is 1. The zero-order chi connectivity index (χ0) is 22.9. The number of sulfonamides is 1. The van der Waals surface area contributed by atoms with Crippen LogP contribution < -0.4 is 14.9 Å². The lowest BCUT2D eigenvalue weighted by atomic mass is 10.1. The number of hydrogen-bond acceptors (Lipinski definition) is 9. The first-order chi connectivity index (χ1) is 15.2. The topological polar surface area (TPSA) is 116 Å². The number of likely N-dealkylation sites (tertiary alicyclic amines) is 1. The predicted molar refractivity (Wildman–Crippen MR) is 130 cm³/mol. The molecule has 0 unspecified atom stereocenters. The smallest absolute Gasteiger partial charge is 0.232 e. The average Bonchev–Trinajstić information content (AvgIpc) is 2.76. The Kier molecular flexibility index (Phi) is 6.45. The second kappa shape index (κ2) is 9.12. The van der Waals surface area contributed by atoms with Crippen LogP contribution in [0.2, 0.25) is 0 Å². The molecule has 0 atom stereocenters. The largest absolute Gasteiger partial charge is 0.351 e. The van der Waals surface area contributed by atoms with Gasteiger partial charge in [-0.15, -0.1) is 0 Å². The standard InChI is InChI=1S/C20H25BrN8O2S/c1-28-10-6-13(7-11-28)25-20-24-12-14(21)19(27-20)26-16-5-4-15-17(23-9-8-22-15)18(16)29(2)32(3,30)31/h4-5,8-9,12-13H,6-7,10-11H2,1-3H3,(H2,24,25,26,27). The zero-order valence-electron chi connectivity index (χ0n) is 18.1. The molecule has 0 amide bonds. The van der Waals surface area contributed by atoms with Crippen LogP contribution in [0.3, 0.4) is 0 Å². The van der Waals surface area contributed by atoms with Crippen LogP contribution in [0.25, 0.3) is 11.0 Å². The van der Waals surface area contributed by atoms with Crippen LogP contribution in [0.5, 0.6) is 0 Å². The molecule has 1 aliphatic rings. The number of piperidine rings is 1. The molecule has 1 saturated heterocycles. The number of nitrogens with one attached hydrogen (secondary N) is 2. The Morgan fingerprint density at radius 1 is 1.16 bits per heavy atom. The second-order valence-electron chi connectivity index (χ2n) is 7.85. The molecule has 170 valence electrons. The number of nitrogens with zero attached hydrogens (tertiary/aromatic N) is 6. The molecule has 0 aliphatic carbocycles. The van der Waals surface area contributed by atoms with Crippen molar-refractivity contribution >= 4 is 60.1 Å². The summed E-state index contributed by atoms with van der Waals surface area (Å²) in [6.45, 7) is 2.05. The van der Waals surface area contributed by atoms with Gasteiger partial charge in [-0.05, 0) is 61.0 Å². The normalized spacial score (nSPS) is 15.6. The van der Waals surface area contributed by atoms with E-state index in [4.69, 9.17) is 0 Å². The summed E-state index contributed by atoms with van der Waals surface area (Å²) in [5.74, 6) is 1.03. The molecule has 0 saturated carbocycles. The first-order valence-corrected chi connectivity index (χ1v) is 12.8. The first-order valence-electron chi connectivity index (χ1n) is 10.1. The summed E-state index contributed by atoms with van der Waals surface area (Å²) in [7, 11) is 0.0713. The fourth-order valence-corrected chi connectivity index (χ4v) is 4.40. The van der Waals surface area contributed by atoms with Crippen molar-refractivity contribution in [3.63, 3.8) is 0 Å². The van der Waals surface area contributed by atoms with E-state index in [0.717, 1.165) is 32.2 Å². The van der Waals surface area contributed by atoms with Gasteiger partial charge in [-0.3, -0.25) is 14.3 Å². The summed E-state index contributed by atoms with van der Waals surface area (Å²) in [6.07, 6.45) is 7.97. The summed E-state index contributed by atoms with van der Waals surface area (Å²) in [5.41, 5.74) is 2.00. The molecule has 1 aliphatic heterocycles. The van der Waals surface area contributed by atoms with Crippen molar-refractivity contribution in [2.45, 2.75) is 18.9 Å². The zero-order valence-corrected chi connectivity index (χ0v) is 20.5. The van der Waals surface area contributed by atoms with Crippen molar-refractivity contribution in [2.24, 2.45) is 0 Å². The minimum Gasteiger partial charge on any atom is -0.351 e. The maximum absolute atomic E-state index is 12.3. The van der Waals surface area contributed by atoms with Gasteiger partial charge in [-0.2, -0.15) is 4.98 Å². The Balaban J connectivity index is 1.69. The van der Waals surface area contributed by atoms with E-state index < -0.39 is 10.0 Å². The van der Waals surface area contributed by atoms with Crippen molar-refractivity contribution in [3.05, 3.63) is 35.2 Å². The molecular formula is C20H25BrN8O2S. The van der Waals surface area contributed by atoms with Crippen LogP contribution in [0.4, 0.5) is 23.1 Å². The molecule has 12 heteroatoms. The van der Waals surface area contributed by atoms with Gasteiger partial charge in [0, 0.05) is 31.7 Å². The first kappa shape index (κ1) is 22.6. The van der Waals surface area contributed by atoms with E-state index >= 15 is 0 Å². The van der Waals surface area contributed by atoms with Crippen molar-refractivity contribution in [1.82, 2.24) is 24.8 Å². The lowest BCUT2D eigenvalue weighted by molar-refractivity contribution is 0.263. The van der Waals surface area contributed by atoms with E-state index in [9.17, 15) is 8.42 Å². The van der Waals surface area contributed by atoms with E-state index in [2.05, 4.69) is 58.4 Å². The molecule has 3 aromatic rings. The van der Waals surface area contributed by atoms with E-state index in [1.165, 1.54) is 17.5 Å². The van der Waals surface area contributed by atoms with Crippen LogP contribution in [0.15, 0.2) is 35.2 Å². The Bertz CT molecular complexity index is 1230. The van der Waals surface area contributed by atoms with Crippen molar-refractivity contribution in [2.75, 3.05) is 48.4 Å². The Labute approximate surface area is 195 Å². The summed E-state index contributed by atoms with van der Waals surface area (Å²) in [4.78, 5) is 20.0. The molecule has 2 N–H and O–H groups in total. The maximum atomic E-state index is 12.3. The number of aromatic nitrogens is 4. The van der Waals surface area contributed by atoms with Crippen LogP contribution in [-0.4, -0.2) is 72.7 Å². The lowest BCUT2D eigenvalue weighted by Crippen LogP contribution is -2.37. The number of hydrogen-bond donors (Lipinski definition) is 2. The van der Waals surface area contributed by atoms with Gasteiger partial charge in [0.25, 0.3) is 0 Å². The van der Waals surface area contributed by atoms with Crippen molar-refractivity contribution in [3.8, 4) is 0 Å².